The van der Waals surface area contributed by atoms with Crippen LogP contribution in [0.1, 0.15) is 11.3 Å². The number of benzene rings is 1. The van der Waals surface area contributed by atoms with Crippen LogP contribution in [-0.2, 0) is 0 Å². The molecule has 0 atom stereocenters. The van der Waals surface area contributed by atoms with Crippen LogP contribution in [0.15, 0.2) is 53.8 Å². The summed E-state index contributed by atoms with van der Waals surface area (Å²) in [5.74, 6) is 0.788. The van der Waals surface area contributed by atoms with Crippen LogP contribution in [0, 0.1) is 0 Å². The fourth-order valence-electron chi connectivity index (χ4n) is 1.49. The molecular weight excluding hydrogens is 240 g/mol. The molecule has 0 saturated carbocycles. The molecular formula is C15H14N2O2. The molecule has 0 spiro atoms. The second-order valence-corrected chi connectivity index (χ2v) is 3.85. The summed E-state index contributed by atoms with van der Waals surface area (Å²) in [7, 11) is 0. The standard InChI is InChI=1S/C15H14N2O2/c1-2-10-19-14-5-3-4-12(11-14)6-7-13-8-9-15(18)17-16-13/h2-9,11H,1,10H2,(H,17,18). The van der Waals surface area contributed by atoms with Crippen molar-refractivity contribution in [2.45, 2.75) is 0 Å². The molecule has 0 aliphatic carbocycles. The third-order valence-electron chi connectivity index (χ3n) is 2.37. The Kier molecular flexibility index (Phi) is 4.29. The molecule has 0 fully saturated rings. The van der Waals surface area contributed by atoms with E-state index < -0.39 is 0 Å². The summed E-state index contributed by atoms with van der Waals surface area (Å²) in [6.07, 6.45) is 5.43. The molecule has 1 aromatic heterocycles. The number of H-pyrrole nitrogens is 1. The number of nitrogens with zero attached hydrogens (tertiary/aromatic N) is 1. The summed E-state index contributed by atoms with van der Waals surface area (Å²) in [4.78, 5) is 10.9. The molecule has 0 radical (unpaired) electrons. The molecule has 1 aromatic carbocycles. The molecule has 1 heterocycles. The van der Waals surface area contributed by atoms with E-state index in [0.29, 0.717) is 12.3 Å². The van der Waals surface area contributed by atoms with Crippen molar-refractivity contribution in [2.75, 3.05) is 6.61 Å². The topological polar surface area (TPSA) is 55.0 Å². The number of hydrogen-bond acceptors (Lipinski definition) is 3. The van der Waals surface area contributed by atoms with Gasteiger partial charge in [0.15, 0.2) is 0 Å². The number of hydrogen-bond donors (Lipinski definition) is 1. The zero-order chi connectivity index (χ0) is 13.5. The summed E-state index contributed by atoms with van der Waals surface area (Å²) in [6, 6.07) is 10.8. The van der Waals surface area contributed by atoms with E-state index in [4.69, 9.17) is 4.74 Å². The first kappa shape index (κ1) is 12.8. The zero-order valence-corrected chi connectivity index (χ0v) is 10.4. The highest BCUT2D eigenvalue weighted by Gasteiger charge is 1.94. The number of aromatic nitrogens is 2. The number of nitrogens with one attached hydrogen (secondary N) is 1. The fourth-order valence-corrected chi connectivity index (χ4v) is 1.49. The Morgan fingerprint density at radius 3 is 2.89 bits per heavy atom. The third-order valence-corrected chi connectivity index (χ3v) is 2.37. The van der Waals surface area contributed by atoms with Crippen LogP contribution in [0.2, 0.25) is 0 Å². The van der Waals surface area contributed by atoms with Gasteiger partial charge in [-0.15, -0.1) is 0 Å². The van der Waals surface area contributed by atoms with E-state index in [0.717, 1.165) is 11.3 Å². The second-order valence-electron chi connectivity index (χ2n) is 3.85. The van der Waals surface area contributed by atoms with Gasteiger partial charge in [-0.2, -0.15) is 5.10 Å². The van der Waals surface area contributed by atoms with E-state index in [1.54, 1.807) is 12.1 Å². The van der Waals surface area contributed by atoms with E-state index >= 15 is 0 Å². The Morgan fingerprint density at radius 2 is 2.16 bits per heavy atom. The number of aromatic amines is 1. The maximum absolute atomic E-state index is 10.9. The number of rotatable bonds is 5. The van der Waals surface area contributed by atoms with Crippen LogP contribution in [0.25, 0.3) is 12.2 Å². The molecule has 19 heavy (non-hydrogen) atoms. The minimum Gasteiger partial charge on any atom is -0.490 e. The quantitative estimate of drug-likeness (QED) is 0.834. The molecule has 0 unspecified atom stereocenters. The van der Waals surface area contributed by atoms with Crippen LogP contribution in [-0.4, -0.2) is 16.8 Å². The fraction of sp³-hybridized carbons (Fsp3) is 0.0667. The van der Waals surface area contributed by atoms with Gasteiger partial charge < -0.3 is 4.74 Å². The van der Waals surface area contributed by atoms with Crippen molar-refractivity contribution in [3.8, 4) is 5.75 Å². The van der Waals surface area contributed by atoms with E-state index in [1.165, 1.54) is 6.07 Å². The summed E-state index contributed by atoms with van der Waals surface area (Å²) in [5.41, 5.74) is 1.48. The van der Waals surface area contributed by atoms with E-state index in [9.17, 15) is 4.79 Å². The first-order chi connectivity index (χ1) is 9.28. The van der Waals surface area contributed by atoms with E-state index in [-0.39, 0.29) is 5.56 Å². The molecule has 4 heteroatoms. The van der Waals surface area contributed by atoms with E-state index in [1.807, 2.05) is 36.4 Å². The van der Waals surface area contributed by atoms with Crippen molar-refractivity contribution in [3.63, 3.8) is 0 Å². The molecule has 4 nitrogen and oxygen atoms in total. The normalized spacial score (nSPS) is 10.5. The summed E-state index contributed by atoms with van der Waals surface area (Å²) in [5, 5.41) is 6.28. The molecule has 2 aromatic rings. The largest absolute Gasteiger partial charge is 0.490 e. The minimum absolute atomic E-state index is 0.211. The average Bonchev–Trinajstić information content (AvgIpc) is 2.45. The Balaban J connectivity index is 2.11. The predicted molar refractivity (Wildman–Crippen MR) is 75.9 cm³/mol. The van der Waals surface area contributed by atoms with Crippen molar-refractivity contribution in [1.29, 1.82) is 0 Å². The predicted octanol–water partition coefficient (Wildman–Crippen LogP) is 2.51. The van der Waals surface area contributed by atoms with E-state index in [2.05, 4.69) is 16.8 Å². The van der Waals surface area contributed by atoms with Crippen molar-refractivity contribution in [3.05, 3.63) is 70.7 Å². The first-order valence-corrected chi connectivity index (χ1v) is 5.85. The Hall–Kier alpha value is -2.62. The van der Waals surface area contributed by atoms with Crippen molar-refractivity contribution < 1.29 is 4.74 Å². The van der Waals surface area contributed by atoms with Gasteiger partial charge >= 0.3 is 0 Å². The maximum Gasteiger partial charge on any atom is 0.264 e. The van der Waals surface area contributed by atoms with Gasteiger partial charge in [-0.1, -0.05) is 30.9 Å². The lowest BCUT2D eigenvalue weighted by molar-refractivity contribution is 0.363. The first-order valence-electron chi connectivity index (χ1n) is 5.85. The number of ether oxygens (including phenoxy) is 1. The van der Waals surface area contributed by atoms with Gasteiger partial charge in [0.1, 0.15) is 12.4 Å². The Morgan fingerprint density at radius 1 is 1.26 bits per heavy atom. The SMILES string of the molecule is C=CCOc1cccc(C=Cc2ccc(=O)[nH]n2)c1. The summed E-state index contributed by atoms with van der Waals surface area (Å²) >= 11 is 0. The van der Waals surface area contributed by atoms with Crippen LogP contribution >= 0.6 is 0 Å². The van der Waals surface area contributed by atoms with Gasteiger partial charge in [0.25, 0.3) is 5.56 Å². The average molecular weight is 254 g/mol. The van der Waals surface area contributed by atoms with Gasteiger partial charge in [0.05, 0.1) is 5.69 Å². The van der Waals surface area contributed by atoms with Gasteiger partial charge in [-0.3, -0.25) is 4.79 Å². The van der Waals surface area contributed by atoms with Crippen molar-refractivity contribution in [2.24, 2.45) is 0 Å². The van der Waals surface area contributed by atoms with Gasteiger partial charge in [0, 0.05) is 6.07 Å². The lowest BCUT2D eigenvalue weighted by Crippen LogP contribution is -2.05. The second kappa shape index (κ2) is 6.35. The highest BCUT2D eigenvalue weighted by atomic mass is 16.5. The lowest BCUT2D eigenvalue weighted by atomic mass is 10.2. The molecule has 96 valence electrons. The van der Waals surface area contributed by atoms with Gasteiger partial charge in [-0.05, 0) is 29.8 Å². The van der Waals surface area contributed by atoms with Crippen molar-refractivity contribution >= 4 is 12.2 Å². The van der Waals surface area contributed by atoms with Crippen LogP contribution in [0.3, 0.4) is 0 Å². The molecule has 0 amide bonds. The summed E-state index contributed by atoms with van der Waals surface area (Å²) in [6.45, 7) is 4.09. The maximum atomic E-state index is 10.9. The van der Waals surface area contributed by atoms with Crippen molar-refractivity contribution in [1.82, 2.24) is 10.2 Å². The highest BCUT2D eigenvalue weighted by Crippen LogP contribution is 2.15. The molecule has 0 aliphatic rings. The Bertz CT molecular complexity index is 624. The smallest absolute Gasteiger partial charge is 0.264 e. The van der Waals surface area contributed by atoms with Crippen LogP contribution in [0.5, 0.6) is 5.75 Å². The molecule has 1 N–H and O–H groups in total. The van der Waals surface area contributed by atoms with Gasteiger partial charge in [0.2, 0.25) is 0 Å². The lowest BCUT2D eigenvalue weighted by Gasteiger charge is -2.03. The highest BCUT2D eigenvalue weighted by molar-refractivity contribution is 5.68. The molecule has 0 saturated heterocycles. The van der Waals surface area contributed by atoms with Crippen LogP contribution in [0.4, 0.5) is 0 Å². The third kappa shape index (κ3) is 3.96. The van der Waals surface area contributed by atoms with Crippen LogP contribution < -0.4 is 10.3 Å². The Labute approximate surface area is 111 Å². The molecule has 0 aliphatic heterocycles. The summed E-state index contributed by atoms with van der Waals surface area (Å²) < 4.78 is 5.45. The monoisotopic (exact) mass is 254 g/mol. The molecule has 0 bridgehead atoms. The minimum atomic E-state index is -0.211. The molecule has 2 rings (SSSR count). The van der Waals surface area contributed by atoms with Gasteiger partial charge in [-0.25, -0.2) is 5.10 Å². The zero-order valence-electron chi connectivity index (χ0n) is 10.4.